The second-order valence-corrected chi connectivity index (χ2v) is 13.3. The Labute approximate surface area is 332 Å². The molecule has 0 spiro atoms. The summed E-state index contributed by atoms with van der Waals surface area (Å²) in [5.74, 6) is -2.42. The zero-order chi connectivity index (χ0) is 40.6. The number of aliphatic carboxylic acids is 1. The van der Waals surface area contributed by atoms with Crippen molar-refractivity contribution in [1.29, 1.82) is 0 Å². The molecule has 58 heavy (non-hydrogen) atoms. The van der Waals surface area contributed by atoms with Crippen LogP contribution in [0.1, 0.15) is 53.0 Å². The molecule has 0 unspecified atom stereocenters. The standard InChI is InChI=1S/C43H39N5O10/c1-27(49)56-38-37(58-35(52)23-22-34(50)51)33(57-42(38)48-26-46-36-39(44-25-45-40(36)48)47-41(53)28-12-6-3-7-13-28)24-55-43(29-14-8-4-9-15-29,30-16-10-5-11-17-30)31-18-20-32(54-2)21-19-31/h3-21,25-26,33,37-38,42H,22-24H2,1-2H3,(H,50,51)(H,44,45,47,53)/t33-,37-,38-,42-/m1/s1. The molecule has 0 saturated carbocycles. The number of benzene rings is 4. The Kier molecular flexibility index (Phi) is 11.8. The molecular weight excluding hydrogens is 746 g/mol. The highest BCUT2D eigenvalue weighted by Crippen LogP contribution is 2.43. The van der Waals surface area contributed by atoms with Gasteiger partial charge in [0.2, 0.25) is 0 Å². The third kappa shape index (κ3) is 8.26. The predicted octanol–water partition coefficient (Wildman–Crippen LogP) is 5.70. The van der Waals surface area contributed by atoms with Crippen LogP contribution < -0.4 is 10.1 Å². The molecule has 1 fully saturated rings. The Morgan fingerprint density at radius 1 is 0.776 bits per heavy atom. The number of carboxylic acid groups (broad SMARTS) is 1. The molecule has 0 aliphatic carbocycles. The Hall–Kier alpha value is -6.97. The molecule has 2 aromatic heterocycles. The van der Waals surface area contributed by atoms with E-state index in [1.165, 1.54) is 24.1 Å². The highest BCUT2D eigenvalue weighted by molar-refractivity contribution is 6.06. The monoisotopic (exact) mass is 785 g/mol. The van der Waals surface area contributed by atoms with Crippen molar-refractivity contribution in [2.24, 2.45) is 0 Å². The molecule has 15 heteroatoms. The van der Waals surface area contributed by atoms with Crippen LogP contribution in [-0.4, -0.2) is 80.5 Å². The molecule has 1 aliphatic heterocycles. The molecule has 3 heterocycles. The van der Waals surface area contributed by atoms with Crippen LogP contribution in [0, 0.1) is 0 Å². The van der Waals surface area contributed by atoms with E-state index in [1.807, 2.05) is 84.9 Å². The molecule has 1 aliphatic rings. The quantitative estimate of drug-likeness (QED) is 0.0953. The first kappa shape index (κ1) is 39.3. The lowest BCUT2D eigenvalue weighted by Crippen LogP contribution is -2.43. The third-order valence-corrected chi connectivity index (χ3v) is 9.62. The number of carbonyl (C=O) groups excluding carboxylic acids is 3. The van der Waals surface area contributed by atoms with Gasteiger partial charge < -0.3 is 34.1 Å². The van der Waals surface area contributed by atoms with Crippen molar-refractivity contribution in [2.75, 3.05) is 19.0 Å². The molecule has 2 N–H and O–H groups in total. The van der Waals surface area contributed by atoms with E-state index in [9.17, 15) is 24.3 Å². The van der Waals surface area contributed by atoms with Crippen LogP contribution in [0.2, 0.25) is 0 Å². The van der Waals surface area contributed by atoms with Crippen LogP contribution in [0.4, 0.5) is 5.82 Å². The molecule has 0 radical (unpaired) electrons. The van der Waals surface area contributed by atoms with Gasteiger partial charge in [-0.05, 0) is 41.0 Å². The molecule has 296 valence electrons. The molecule has 4 atom stereocenters. The number of ether oxygens (including phenoxy) is 5. The van der Waals surface area contributed by atoms with Gasteiger partial charge in [-0.25, -0.2) is 15.0 Å². The summed E-state index contributed by atoms with van der Waals surface area (Å²) in [6.45, 7) is 0.968. The average molecular weight is 786 g/mol. The van der Waals surface area contributed by atoms with Crippen molar-refractivity contribution >= 4 is 40.8 Å². The highest BCUT2D eigenvalue weighted by Gasteiger charge is 2.52. The zero-order valence-corrected chi connectivity index (χ0v) is 31.5. The van der Waals surface area contributed by atoms with Crippen LogP contribution in [0.15, 0.2) is 128 Å². The Balaban J connectivity index is 1.29. The highest BCUT2D eigenvalue weighted by atomic mass is 16.7. The molecule has 15 nitrogen and oxygen atoms in total. The third-order valence-electron chi connectivity index (χ3n) is 9.62. The zero-order valence-electron chi connectivity index (χ0n) is 31.5. The van der Waals surface area contributed by atoms with Gasteiger partial charge in [-0.1, -0.05) is 91.0 Å². The Morgan fingerprint density at radius 2 is 1.40 bits per heavy atom. The van der Waals surface area contributed by atoms with Gasteiger partial charge in [0, 0.05) is 12.5 Å². The maximum absolute atomic E-state index is 13.3. The number of nitrogens with one attached hydrogen (secondary N) is 1. The number of fused-ring (bicyclic) bond motifs is 1. The summed E-state index contributed by atoms with van der Waals surface area (Å²) in [5, 5.41) is 12.1. The maximum Gasteiger partial charge on any atom is 0.306 e. The van der Waals surface area contributed by atoms with Crippen LogP contribution in [0.5, 0.6) is 5.75 Å². The lowest BCUT2D eigenvalue weighted by Gasteiger charge is -2.37. The molecule has 1 saturated heterocycles. The van der Waals surface area contributed by atoms with Gasteiger partial charge in [0.05, 0.1) is 32.9 Å². The van der Waals surface area contributed by atoms with E-state index in [0.29, 0.717) is 11.3 Å². The van der Waals surface area contributed by atoms with Gasteiger partial charge in [0.1, 0.15) is 23.8 Å². The summed E-state index contributed by atoms with van der Waals surface area (Å²) < 4.78 is 32.5. The number of carboxylic acids is 1. The number of rotatable bonds is 15. The first-order chi connectivity index (χ1) is 28.2. The normalized spacial score (nSPS) is 17.7. The van der Waals surface area contributed by atoms with Crippen LogP contribution in [0.25, 0.3) is 11.2 Å². The van der Waals surface area contributed by atoms with E-state index in [1.54, 1.807) is 37.4 Å². The molecule has 4 aromatic carbocycles. The Bertz CT molecular complexity index is 2340. The van der Waals surface area contributed by atoms with E-state index in [0.717, 1.165) is 16.7 Å². The van der Waals surface area contributed by atoms with E-state index in [4.69, 9.17) is 23.7 Å². The average Bonchev–Trinajstić information content (AvgIpc) is 3.82. The summed E-state index contributed by atoms with van der Waals surface area (Å²) >= 11 is 0. The summed E-state index contributed by atoms with van der Waals surface area (Å²) in [7, 11) is 1.58. The van der Waals surface area contributed by atoms with Crippen molar-refractivity contribution in [3.05, 3.63) is 150 Å². The number of imidazole rings is 1. The minimum absolute atomic E-state index is 0.117. The first-order valence-electron chi connectivity index (χ1n) is 18.4. The second-order valence-electron chi connectivity index (χ2n) is 13.3. The van der Waals surface area contributed by atoms with Crippen molar-refractivity contribution in [1.82, 2.24) is 19.5 Å². The number of hydrogen-bond donors (Lipinski definition) is 2. The molecular formula is C43H39N5O10. The molecule has 0 bridgehead atoms. The number of methoxy groups -OCH3 is 1. The lowest BCUT2D eigenvalue weighted by molar-refractivity contribution is -0.168. The minimum atomic E-state index is -1.30. The summed E-state index contributed by atoms with van der Waals surface area (Å²) in [6, 6.07) is 35.1. The van der Waals surface area contributed by atoms with Gasteiger partial charge in [-0.2, -0.15) is 0 Å². The van der Waals surface area contributed by atoms with Crippen molar-refractivity contribution in [3.63, 3.8) is 0 Å². The number of esters is 2. The molecule has 6 aromatic rings. The fourth-order valence-electron chi connectivity index (χ4n) is 6.97. The van der Waals surface area contributed by atoms with Gasteiger partial charge >= 0.3 is 17.9 Å². The maximum atomic E-state index is 13.3. The van der Waals surface area contributed by atoms with Crippen molar-refractivity contribution in [3.8, 4) is 5.75 Å². The number of anilines is 1. The van der Waals surface area contributed by atoms with Gasteiger partial charge in [0.15, 0.2) is 35.4 Å². The van der Waals surface area contributed by atoms with Crippen LogP contribution >= 0.6 is 0 Å². The number of amides is 1. The topological polar surface area (TPSA) is 190 Å². The molecule has 7 rings (SSSR count). The predicted molar refractivity (Wildman–Crippen MR) is 208 cm³/mol. The summed E-state index contributed by atoms with van der Waals surface area (Å²) in [5.41, 5.74) is 1.84. The van der Waals surface area contributed by atoms with Crippen LogP contribution in [0.3, 0.4) is 0 Å². The number of carbonyl (C=O) groups is 4. The molecule has 1 amide bonds. The van der Waals surface area contributed by atoms with Crippen molar-refractivity contribution < 1.29 is 48.0 Å². The number of aromatic nitrogens is 4. The SMILES string of the molecule is COc1ccc(C(OC[C@H]2O[C@@H](n3cnc4c(NC(=O)c5ccccc5)ncnc43)[C@H](OC(C)=O)[C@@H]2OC(=O)CCC(=O)O)(c2ccccc2)c2ccccc2)cc1. The Morgan fingerprint density at radius 3 is 2.00 bits per heavy atom. The first-order valence-corrected chi connectivity index (χ1v) is 18.4. The largest absolute Gasteiger partial charge is 0.497 e. The number of hydrogen-bond acceptors (Lipinski definition) is 12. The van der Waals surface area contributed by atoms with Crippen molar-refractivity contribution in [2.45, 2.75) is 49.9 Å². The lowest BCUT2D eigenvalue weighted by atomic mass is 9.80. The second kappa shape index (κ2) is 17.4. The fourth-order valence-corrected chi connectivity index (χ4v) is 6.97. The van der Waals surface area contributed by atoms with Crippen LogP contribution in [-0.2, 0) is 38.9 Å². The van der Waals surface area contributed by atoms with E-state index in [-0.39, 0.29) is 23.6 Å². The smallest absolute Gasteiger partial charge is 0.306 e. The van der Waals surface area contributed by atoms with Gasteiger partial charge in [0.25, 0.3) is 5.91 Å². The number of nitrogens with zero attached hydrogens (tertiary/aromatic N) is 4. The van der Waals surface area contributed by atoms with E-state index >= 15 is 0 Å². The summed E-state index contributed by atoms with van der Waals surface area (Å²) in [6.07, 6.45) is -3.21. The van der Waals surface area contributed by atoms with E-state index in [2.05, 4.69) is 20.3 Å². The van der Waals surface area contributed by atoms with Gasteiger partial charge in [-0.15, -0.1) is 0 Å². The summed E-state index contributed by atoms with van der Waals surface area (Å²) in [4.78, 5) is 63.6. The minimum Gasteiger partial charge on any atom is -0.497 e. The van der Waals surface area contributed by atoms with E-state index < -0.39 is 66.8 Å². The fraction of sp³-hybridized carbons (Fsp3) is 0.233. The van der Waals surface area contributed by atoms with Gasteiger partial charge in [-0.3, -0.25) is 23.7 Å².